The Hall–Kier alpha value is -1.86. The van der Waals surface area contributed by atoms with Crippen molar-refractivity contribution in [3.8, 4) is 6.07 Å². The first-order chi connectivity index (χ1) is 7.77. The Labute approximate surface area is 94.8 Å². The van der Waals surface area contributed by atoms with Gasteiger partial charge in [0.05, 0.1) is 6.61 Å². The summed E-state index contributed by atoms with van der Waals surface area (Å²) in [6.07, 6.45) is -0.0769. The van der Waals surface area contributed by atoms with Crippen LogP contribution in [0.15, 0.2) is 30.3 Å². The lowest BCUT2D eigenvalue weighted by Crippen LogP contribution is -2.35. The summed E-state index contributed by atoms with van der Waals surface area (Å²) < 4.78 is 5.14. The maximum atomic E-state index is 11.6. The summed E-state index contributed by atoms with van der Waals surface area (Å²) in [6, 6.07) is 10.6. The number of amides is 1. The average molecular weight is 218 g/mol. The van der Waals surface area contributed by atoms with Gasteiger partial charge in [-0.1, -0.05) is 25.1 Å². The molecule has 1 atom stereocenters. The van der Waals surface area contributed by atoms with Crippen LogP contribution in [0, 0.1) is 11.3 Å². The molecule has 4 heteroatoms. The number of benzene rings is 1. The molecule has 1 unspecified atom stereocenters. The van der Waals surface area contributed by atoms with E-state index in [0.29, 0.717) is 12.2 Å². The molecule has 0 aromatic heterocycles. The van der Waals surface area contributed by atoms with Gasteiger partial charge < -0.3 is 10.1 Å². The smallest absolute Gasteiger partial charge is 0.254 e. The number of rotatable bonds is 5. The molecule has 0 aliphatic heterocycles. The molecular weight excluding hydrogens is 204 g/mol. The quantitative estimate of drug-likeness (QED) is 0.765. The van der Waals surface area contributed by atoms with Gasteiger partial charge in [0.15, 0.2) is 0 Å². The van der Waals surface area contributed by atoms with Gasteiger partial charge in [-0.3, -0.25) is 4.79 Å². The molecule has 0 fully saturated rings. The molecule has 1 N–H and O–H groups in total. The highest BCUT2D eigenvalue weighted by atomic mass is 16.5. The molecule has 0 aliphatic rings. The summed E-state index contributed by atoms with van der Waals surface area (Å²) in [6.45, 7) is 2.39. The van der Waals surface area contributed by atoms with E-state index in [9.17, 15) is 4.79 Å². The van der Waals surface area contributed by atoms with Crippen molar-refractivity contribution in [2.24, 2.45) is 0 Å². The third-order valence-corrected chi connectivity index (χ3v) is 1.90. The van der Waals surface area contributed by atoms with Crippen molar-refractivity contribution in [2.75, 3.05) is 6.61 Å². The van der Waals surface area contributed by atoms with E-state index in [2.05, 4.69) is 5.32 Å². The first-order valence-electron chi connectivity index (χ1n) is 5.15. The Kier molecular flexibility index (Phi) is 5.03. The first-order valence-corrected chi connectivity index (χ1v) is 5.15. The molecular formula is C12H14N2O2. The van der Waals surface area contributed by atoms with Crippen LogP contribution in [0.5, 0.6) is 0 Å². The molecule has 16 heavy (non-hydrogen) atoms. The second kappa shape index (κ2) is 6.59. The van der Waals surface area contributed by atoms with Crippen molar-refractivity contribution in [1.82, 2.24) is 5.32 Å². The fourth-order valence-corrected chi connectivity index (χ4v) is 1.14. The van der Waals surface area contributed by atoms with E-state index in [0.717, 1.165) is 6.42 Å². The molecule has 0 saturated carbocycles. The lowest BCUT2D eigenvalue weighted by atomic mass is 10.2. The van der Waals surface area contributed by atoms with Crippen molar-refractivity contribution >= 4 is 5.91 Å². The minimum atomic E-state index is -0.882. The zero-order valence-electron chi connectivity index (χ0n) is 9.14. The van der Waals surface area contributed by atoms with Crippen LogP contribution in [0.3, 0.4) is 0 Å². The highest BCUT2D eigenvalue weighted by Gasteiger charge is 2.12. The number of nitrogens with one attached hydrogen (secondary N) is 1. The predicted octanol–water partition coefficient (Wildman–Crippen LogP) is 1.69. The van der Waals surface area contributed by atoms with Crippen LogP contribution in [0.25, 0.3) is 0 Å². The Bertz CT molecular complexity index is 370. The second-order valence-electron chi connectivity index (χ2n) is 3.22. The zero-order chi connectivity index (χ0) is 11.8. The van der Waals surface area contributed by atoms with Crippen molar-refractivity contribution in [3.05, 3.63) is 35.9 Å². The molecule has 84 valence electrons. The van der Waals surface area contributed by atoms with Crippen LogP contribution >= 0.6 is 0 Å². The summed E-state index contributed by atoms with van der Waals surface area (Å²) in [5, 5.41) is 11.3. The van der Waals surface area contributed by atoms with E-state index in [4.69, 9.17) is 10.00 Å². The van der Waals surface area contributed by atoms with Crippen molar-refractivity contribution in [1.29, 1.82) is 5.26 Å². The molecule has 4 nitrogen and oxygen atoms in total. The first kappa shape index (κ1) is 12.2. The summed E-state index contributed by atoms with van der Waals surface area (Å²) in [7, 11) is 0. The van der Waals surface area contributed by atoms with Gasteiger partial charge in [0.25, 0.3) is 5.91 Å². The zero-order valence-corrected chi connectivity index (χ0v) is 9.14. The van der Waals surface area contributed by atoms with E-state index in [1.54, 1.807) is 24.3 Å². The van der Waals surface area contributed by atoms with E-state index in [-0.39, 0.29) is 5.91 Å². The largest absolute Gasteiger partial charge is 0.346 e. The van der Waals surface area contributed by atoms with Gasteiger partial charge >= 0.3 is 0 Å². The molecule has 0 spiro atoms. The molecule has 1 aromatic carbocycles. The van der Waals surface area contributed by atoms with Crippen LogP contribution in [0.4, 0.5) is 0 Å². The van der Waals surface area contributed by atoms with Crippen LogP contribution in [0.1, 0.15) is 23.7 Å². The minimum Gasteiger partial charge on any atom is -0.346 e. The number of nitrogens with zero attached hydrogens (tertiary/aromatic N) is 1. The third kappa shape index (κ3) is 3.71. The molecule has 0 bridgehead atoms. The maximum Gasteiger partial charge on any atom is 0.254 e. The fourth-order valence-electron chi connectivity index (χ4n) is 1.14. The van der Waals surface area contributed by atoms with Crippen molar-refractivity contribution in [3.63, 3.8) is 0 Å². The van der Waals surface area contributed by atoms with Gasteiger partial charge in [-0.05, 0) is 18.6 Å². The predicted molar refractivity (Wildman–Crippen MR) is 59.6 cm³/mol. The van der Waals surface area contributed by atoms with E-state index < -0.39 is 6.23 Å². The van der Waals surface area contributed by atoms with Crippen LogP contribution < -0.4 is 5.32 Å². The molecule has 1 amide bonds. The van der Waals surface area contributed by atoms with Gasteiger partial charge in [-0.25, -0.2) is 0 Å². The molecule has 0 heterocycles. The van der Waals surface area contributed by atoms with Gasteiger partial charge in [0.1, 0.15) is 6.07 Å². The number of carbonyl (C=O) groups excluding carboxylic acids is 1. The van der Waals surface area contributed by atoms with E-state index in [1.165, 1.54) is 0 Å². The van der Waals surface area contributed by atoms with Gasteiger partial charge in [-0.2, -0.15) is 5.26 Å². The molecule has 0 saturated heterocycles. The topological polar surface area (TPSA) is 62.1 Å². The Morgan fingerprint density at radius 2 is 2.19 bits per heavy atom. The fraction of sp³-hybridized carbons (Fsp3) is 0.333. The number of ether oxygens (including phenoxy) is 1. The standard InChI is InChI=1S/C12H14N2O2/c1-2-8-16-11(9-13)14-12(15)10-6-4-3-5-7-10/h3-7,11H,2,8H2,1H3,(H,14,15). The van der Waals surface area contributed by atoms with Crippen LogP contribution in [0.2, 0.25) is 0 Å². The highest BCUT2D eigenvalue weighted by Crippen LogP contribution is 1.99. The average Bonchev–Trinajstić information content (AvgIpc) is 2.35. The lowest BCUT2D eigenvalue weighted by Gasteiger charge is -2.11. The van der Waals surface area contributed by atoms with E-state index >= 15 is 0 Å². The minimum absolute atomic E-state index is 0.303. The maximum absolute atomic E-state index is 11.6. The number of hydrogen-bond acceptors (Lipinski definition) is 3. The van der Waals surface area contributed by atoms with E-state index in [1.807, 2.05) is 19.1 Å². The lowest BCUT2D eigenvalue weighted by molar-refractivity contribution is 0.0561. The number of carbonyl (C=O) groups is 1. The van der Waals surface area contributed by atoms with Crippen molar-refractivity contribution < 1.29 is 9.53 Å². The summed E-state index contributed by atoms with van der Waals surface area (Å²) >= 11 is 0. The summed E-state index contributed by atoms with van der Waals surface area (Å²) in [4.78, 5) is 11.6. The van der Waals surface area contributed by atoms with Gasteiger partial charge in [0, 0.05) is 5.56 Å². The SMILES string of the molecule is CCCOC(C#N)NC(=O)c1ccccc1. The third-order valence-electron chi connectivity index (χ3n) is 1.90. The molecule has 1 rings (SSSR count). The molecule has 0 aliphatic carbocycles. The molecule has 0 radical (unpaired) electrons. The number of hydrogen-bond donors (Lipinski definition) is 1. The number of nitriles is 1. The van der Waals surface area contributed by atoms with Gasteiger partial charge in [-0.15, -0.1) is 0 Å². The summed E-state index contributed by atoms with van der Waals surface area (Å²) in [5.74, 6) is -0.303. The summed E-state index contributed by atoms with van der Waals surface area (Å²) in [5.41, 5.74) is 0.517. The Balaban J connectivity index is 2.53. The monoisotopic (exact) mass is 218 g/mol. The normalized spacial score (nSPS) is 11.5. The Morgan fingerprint density at radius 1 is 1.50 bits per heavy atom. The second-order valence-corrected chi connectivity index (χ2v) is 3.22. The highest BCUT2D eigenvalue weighted by molar-refractivity contribution is 5.94. The molecule has 1 aromatic rings. The van der Waals surface area contributed by atoms with Crippen molar-refractivity contribution in [2.45, 2.75) is 19.6 Å². The van der Waals surface area contributed by atoms with Gasteiger partial charge in [0.2, 0.25) is 6.23 Å². The Morgan fingerprint density at radius 3 is 2.75 bits per heavy atom. The van der Waals surface area contributed by atoms with Crippen LogP contribution in [-0.2, 0) is 4.74 Å². The van der Waals surface area contributed by atoms with Crippen LogP contribution in [-0.4, -0.2) is 18.7 Å².